The van der Waals surface area contributed by atoms with Crippen LogP contribution in [0.4, 0.5) is 0 Å². The predicted molar refractivity (Wildman–Crippen MR) is 83.8 cm³/mol. The molecular formula is C18H25NO2. The summed E-state index contributed by atoms with van der Waals surface area (Å²) in [6.45, 7) is 5.41. The Morgan fingerprint density at radius 2 is 1.67 bits per heavy atom. The van der Waals surface area contributed by atoms with Gasteiger partial charge in [-0.1, -0.05) is 0 Å². The first kappa shape index (κ1) is 14.6. The molecule has 0 bridgehead atoms. The molecule has 1 aromatic rings. The van der Waals surface area contributed by atoms with Gasteiger partial charge in [0.05, 0.1) is 13.2 Å². The van der Waals surface area contributed by atoms with E-state index in [0.29, 0.717) is 13.2 Å². The molecule has 0 aromatic heterocycles. The quantitative estimate of drug-likeness (QED) is 0.652. The fraction of sp³-hybridized carbons (Fsp3) is 0.611. The van der Waals surface area contributed by atoms with Crippen molar-refractivity contribution in [2.45, 2.75) is 32.6 Å². The van der Waals surface area contributed by atoms with Crippen LogP contribution in [0.25, 0.3) is 0 Å². The summed E-state index contributed by atoms with van der Waals surface area (Å²) in [7, 11) is 0. The third kappa shape index (κ3) is 4.57. The second kappa shape index (κ2) is 6.61. The molecule has 2 fully saturated rings. The number of hydrogen-bond acceptors (Lipinski definition) is 3. The first-order chi connectivity index (χ1) is 10.2. The van der Waals surface area contributed by atoms with E-state index in [1.165, 1.54) is 25.7 Å². The zero-order chi connectivity index (χ0) is 14.7. The van der Waals surface area contributed by atoms with Crippen LogP contribution in [0.15, 0.2) is 24.3 Å². The Balaban J connectivity index is 1.56. The molecule has 2 aliphatic rings. The van der Waals surface area contributed by atoms with E-state index in [-0.39, 0.29) is 5.78 Å². The van der Waals surface area contributed by atoms with Crippen molar-refractivity contribution in [2.24, 2.45) is 11.8 Å². The summed E-state index contributed by atoms with van der Waals surface area (Å²) in [5.74, 6) is 2.76. The monoisotopic (exact) mass is 287 g/mol. The Bertz CT molecular complexity index is 460. The average molecular weight is 287 g/mol. The van der Waals surface area contributed by atoms with E-state index in [2.05, 4.69) is 4.90 Å². The number of carbonyl (C=O) groups excluding carboxylic acids is 1. The minimum absolute atomic E-state index is 0.236. The summed E-state index contributed by atoms with van der Waals surface area (Å²) < 4.78 is 5.42. The van der Waals surface area contributed by atoms with E-state index in [1.807, 2.05) is 31.2 Å². The molecule has 0 atom stereocenters. The number of Topliss-reactive ketones (excluding diaryl/α,β-unsaturated/α-hetero) is 1. The van der Waals surface area contributed by atoms with Crippen molar-refractivity contribution in [1.29, 1.82) is 0 Å². The summed E-state index contributed by atoms with van der Waals surface area (Å²) in [4.78, 5) is 14.8. The highest BCUT2D eigenvalue weighted by atomic mass is 16.5. The van der Waals surface area contributed by atoms with E-state index >= 15 is 0 Å². The molecule has 0 spiro atoms. The first-order valence-corrected chi connectivity index (χ1v) is 8.23. The van der Waals surface area contributed by atoms with Crippen molar-refractivity contribution < 1.29 is 9.53 Å². The van der Waals surface area contributed by atoms with Gasteiger partial charge in [-0.2, -0.15) is 0 Å². The van der Waals surface area contributed by atoms with Crippen LogP contribution in [0.5, 0.6) is 5.75 Å². The summed E-state index contributed by atoms with van der Waals surface area (Å²) in [6, 6.07) is 7.56. The molecule has 0 aliphatic heterocycles. The van der Waals surface area contributed by atoms with E-state index < -0.39 is 0 Å². The lowest BCUT2D eigenvalue weighted by atomic mass is 10.1. The minimum Gasteiger partial charge on any atom is -0.494 e. The van der Waals surface area contributed by atoms with Crippen LogP contribution in [-0.2, 0) is 0 Å². The second-order valence-corrected chi connectivity index (χ2v) is 6.46. The van der Waals surface area contributed by atoms with Crippen molar-refractivity contribution >= 4 is 5.78 Å². The van der Waals surface area contributed by atoms with Gasteiger partial charge in [-0.15, -0.1) is 0 Å². The number of carbonyl (C=O) groups is 1. The van der Waals surface area contributed by atoms with Crippen molar-refractivity contribution in [1.82, 2.24) is 4.90 Å². The van der Waals surface area contributed by atoms with E-state index in [1.54, 1.807) is 0 Å². The molecule has 3 nitrogen and oxygen atoms in total. The summed E-state index contributed by atoms with van der Waals surface area (Å²) in [5, 5.41) is 0. The Kier molecular flexibility index (Phi) is 4.59. The molecular weight excluding hydrogens is 262 g/mol. The van der Waals surface area contributed by atoms with Gasteiger partial charge in [0.1, 0.15) is 5.75 Å². The van der Waals surface area contributed by atoms with E-state index in [0.717, 1.165) is 36.2 Å². The molecule has 3 heteroatoms. The van der Waals surface area contributed by atoms with Gasteiger partial charge in [0.25, 0.3) is 0 Å². The molecule has 0 radical (unpaired) electrons. The van der Waals surface area contributed by atoms with E-state index in [4.69, 9.17) is 4.74 Å². The maximum atomic E-state index is 12.4. The summed E-state index contributed by atoms with van der Waals surface area (Å²) in [5.41, 5.74) is 0.801. The topological polar surface area (TPSA) is 29.5 Å². The van der Waals surface area contributed by atoms with Gasteiger partial charge in [-0.25, -0.2) is 0 Å². The first-order valence-electron chi connectivity index (χ1n) is 8.23. The van der Waals surface area contributed by atoms with Crippen LogP contribution in [0.2, 0.25) is 0 Å². The van der Waals surface area contributed by atoms with Gasteiger partial charge < -0.3 is 4.74 Å². The molecule has 0 amide bonds. The van der Waals surface area contributed by atoms with Crippen molar-refractivity contribution in [3.63, 3.8) is 0 Å². The van der Waals surface area contributed by atoms with Crippen LogP contribution in [0, 0.1) is 11.8 Å². The minimum atomic E-state index is 0.236. The summed E-state index contributed by atoms with van der Waals surface area (Å²) >= 11 is 0. The Hall–Kier alpha value is -1.35. The molecule has 2 saturated carbocycles. The standard InChI is InChI=1S/C18H25NO2/c1-2-21-17-9-7-16(8-10-17)18(20)13-19(11-14-3-4-14)12-15-5-6-15/h7-10,14-15H,2-6,11-13H2,1H3. The van der Waals surface area contributed by atoms with Gasteiger partial charge in [-0.3, -0.25) is 9.69 Å². The molecule has 0 unspecified atom stereocenters. The molecule has 114 valence electrons. The Morgan fingerprint density at radius 3 is 2.14 bits per heavy atom. The lowest BCUT2D eigenvalue weighted by Gasteiger charge is -2.21. The van der Waals surface area contributed by atoms with E-state index in [9.17, 15) is 4.79 Å². The number of rotatable bonds is 9. The lowest BCUT2D eigenvalue weighted by molar-refractivity contribution is 0.0924. The summed E-state index contributed by atoms with van der Waals surface area (Å²) in [6.07, 6.45) is 5.38. The smallest absolute Gasteiger partial charge is 0.176 e. The third-order valence-corrected chi connectivity index (χ3v) is 4.28. The fourth-order valence-electron chi connectivity index (χ4n) is 2.73. The molecule has 0 N–H and O–H groups in total. The van der Waals surface area contributed by atoms with Crippen LogP contribution < -0.4 is 4.74 Å². The number of nitrogens with zero attached hydrogens (tertiary/aromatic N) is 1. The van der Waals surface area contributed by atoms with Crippen LogP contribution in [-0.4, -0.2) is 36.9 Å². The van der Waals surface area contributed by atoms with Crippen LogP contribution >= 0.6 is 0 Å². The Morgan fingerprint density at radius 1 is 1.10 bits per heavy atom. The molecule has 2 aliphatic carbocycles. The molecule has 3 rings (SSSR count). The predicted octanol–water partition coefficient (Wildman–Crippen LogP) is 3.39. The number of hydrogen-bond donors (Lipinski definition) is 0. The van der Waals surface area contributed by atoms with Gasteiger partial charge in [0.15, 0.2) is 5.78 Å². The van der Waals surface area contributed by atoms with Crippen molar-refractivity contribution in [2.75, 3.05) is 26.2 Å². The second-order valence-electron chi connectivity index (χ2n) is 6.46. The molecule has 0 heterocycles. The molecule has 0 saturated heterocycles. The number of benzene rings is 1. The van der Waals surface area contributed by atoms with Gasteiger partial charge >= 0.3 is 0 Å². The van der Waals surface area contributed by atoms with Gasteiger partial charge in [0.2, 0.25) is 0 Å². The largest absolute Gasteiger partial charge is 0.494 e. The van der Waals surface area contributed by atoms with Gasteiger partial charge in [0, 0.05) is 18.7 Å². The zero-order valence-corrected chi connectivity index (χ0v) is 12.9. The SMILES string of the molecule is CCOc1ccc(C(=O)CN(CC2CC2)CC2CC2)cc1. The number of ether oxygens (including phenoxy) is 1. The zero-order valence-electron chi connectivity index (χ0n) is 12.9. The number of ketones is 1. The molecule has 1 aromatic carbocycles. The maximum Gasteiger partial charge on any atom is 0.176 e. The maximum absolute atomic E-state index is 12.4. The normalized spacial score (nSPS) is 18.0. The highest BCUT2D eigenvalue weighted by molar-refractivity contribution is 5.97. The average Bonchev–Trinajstić information content (AvgIpc) is 3.36. The highest BCUT2D eigenvalue weighted by Gasteiger charge is 2.30. The third-order valence-electron chi connectivity index (χ3n) is 4.28. The van der Waals surface area contributed by atoms with Crippen LogP contribution in [0.3, 0.4) is 0 Å². The molecule has 21 heavy (non-hydrogen) atoms. The highest BCUT2D eigenvalue weighted by Crippen LogP contribution is 2.33. The fourth-order valence-corrected chi connectivity index (χ4v) is 2.73. The lowest BCUT2D eigenvalue weighted by Crippen LogP contribution is -2.33. The van der Waals surface area contributed by atoms with Crippen molar-refractivity contribution in [3.05, 3.63) is 29.8 Å². The van der Waals surface area contributed by atoms with Crippen LogP contribution in [0.1, 0.15) is 43.0 Å². The van der Waals surface area contributed by atoms with Gasteiger partial charge in [-0.05, 0) is 68.7 Å². The van der Waals surface area contributed by atoms with Crippen molar-refractivity contribution in [3.8, 4) is 5.75 Å². The Labute approximate surface area is 127 Å².